The lowest BCUT2D eigenvalue weighted by Gasteiger charge is -1.98. The molecule has 0 saturated heterocycles. The summed E-state index contributed by atoms with van der Waals surface area (Å²) in [6.45, 7) is 0. The van der Waals surface area contributed by atoms with E-state index < -0.39 is 11.5 Å². The van der Waals surface area contributed by atoms with Gasteiger partial charge in [-0.1, -0.05) is 0 Å². The van der Waals surface area contributed by atoms with Crippen LogP contribution >= 0.6 is 0 Å². The molecule has 0 atom stereocenters. The van der Waals surface area contributed by atoms with Gasteiger partial charge in [0.25, 0.3) is 11.5 Å². The predicted molar refractivity (Wildman–Crippen MR) is 43.1 cm³/mol. The first-order chi connectivity index (χ1) is 5.65. The number of nitrogen functional groups attached to an aromatic ring is 2. The number of nitrogens with two attached hydrogens (primary N) is 2. The molecule has 6 N–H and O–H groups in total. The standard InChI is InChI=1S/C6H8N4O2/c7-3-1-4(6(12)10-8)5(11)9-2-3/h1-2H,7-8H2,(H,9,11)(H,10,12). The lowest BCUT2D eigenvalue weighted by atomic mass is 10.2. The summed E-state index contributed by atoms with van der Waals surface area (Å²) >= 11 is 0. The molecule has 1 rings (SSSR count). The summed E-state index contributed by atoms with van der Waals surface area (Å²) in [4.78, 5) is 24.1. The molecule has 1 aromatic heterocycles. The van der Waals surface area contributed by atoms with Crippen molar-refractivity contribution in [2.45, 2.75) is 0 Å². The van der Waals surface area contributed by atoms with Crippen molar-refractivity contribution in [3.05, 3.63) is 28.2 Å². The minimum atomic E-state index is -0.663. The molecule has 6 heteroatoms. The fraction of sp³-hybridized carbons (Fsp3) is 0. The number of hydrogen-bond donors (Lipinski definition) is 4. The number of hydrazine groups is 1. The number of aromatic amines is 1. The summed E-state index contributed by atoms with van der Waals surface area (Å²) in [5, 5.41) is 0. The Morgan fingerprint density at radius 2 is 2.25 bits per heavy atom. The van der Waals surface area contributed by atoms with Gasteiger partial charge in [-0.2, -0.15) is 0 Å². The van der Waals surface area contributed by atoms with E-state index in [4.69, 9.17) is 11.6 Å². The largest absolute Gasteiger partial charge is 0.398 e. The predicted octanol–water partition coefficient (Wildman–Crippen LogP) is -1.44. The van der Waals surface area contributed by atoms with E-state index in [0.29, 0.717) is 5.69 Å². The van der Waals surface area contributed by atoms with Gasteiger partial charge in [0.05, 0.1) is 0 Å². The van der Waals surface area contributed by atoms with Crippen LogP contribution in [-0.2, 0) is 0 Å². The Kier molecular flexibility index (Phi) is 2.11. The topological polar surface area (TPSA) is 114 Å². The molecule has 1 aromatic rings. The zero-order valence-corrected chi connectivity index (χ0v) is 6.13. The van der Waals surface area contributed by atoms with Crippen molar-refractivity contribution in [3.63, 3.8) is 0 Å². The second-order valence-electron chi connectivity index (χ2n) is 2.15. The summed E-state index contributed by atoms with van der Waals surface area (Å²) in [5.74, 6) is 4.17. The molecular weight excluding hydrogens is 160 g/mol. The third-order valence-electron chi connectivity index (χ3n) is 1.30. The van der Waals surface area contributed by atoms with Gasteiger partial charge in [0.2, 0.25) is 0 Å². The van der Waals surface area contributed by atoms with Gasteiger partial charge < -0.3 is 10.7 Å². The van der Waals surface area contributed by atoms with Crippen LogP contribution in [0.3, 0.4) is 0 Å². The molecule has 0 radical (unpaired) electrons. The van der Waals surface area contributed by atoms with Gasteiger partial charge >= 0.3 is 0 Å². The molecule has 6 nitrogen and oxygen atoms in total. The fourth-order valence-electron chi connectivity index (χ4n) is 0.747. The molecule has 0 aliphatic heterocycles. The third-order valence-corrected chi connectivity index (χ3v) is 1.30. The molecule has 64 valence electrons. The van der Waals surface area contributed by atoms with Crippen LogP contribution in [0.2, 0.25) is 0 Å². The number of carbonyl (C=O) groups is 1. The molecule has 0 saturated carbocycles. The monoisotopic (exact) mass is 168 g/mol. The first kappa shape index (κ1) is 8.28. The van der Waals surface area contributed by atoms with Gasteiger partial charge in [-0.15, -0.1) is 0 Å². The highest BCUT2D eigenvalue weighted by Gasteiger charge is 2.07. The van der Waals surface area contributed by atoms with Crippen LogP contribution in [-0.4, -0.2) is 10.9 Å². The Hall–Kier alpha value is -1.82. The maximum Gasteiger partial charge on any atom is 0.270 e. The van der Waals surface area contributed by atoms with Crippen molar-refractivity contribution < 1.29 is 4.79 Å². The second kappa shape index (κ2) is 3.05. The first-order valence-corrected chi connectivity index (χ1v) is 3.14. The molecule has 0 unspecified atom stereocenters. The normalized spacial score (nSPS) is 9.42. The molecule has 0 aromatic carbocycles. The number of anilines is 1. The molecule has 1 heterocycles. The average Bonchev–Trinajstić information content (AvgIpc) is 2.08. The lowest BCUT2D eigenvalue weighted by Crippen LogP contribution is -2.34. The highest BCUT2D eigenvalue weighted by molar-refractivity contribution is 5.94. The smallest absolute Gasteiger partial charge is 0.270 e. The van der Waals surface area contributed by atoms with Crippen LogP contribution in [0.5, 0.6) is 0 Å². The summed E-state index contributed by atoms with van der Waals surface area (Å²) < 4.78 is 0. The van der Waals surface area contributed by atoms with Crippen LogP contribution < -0.4 is 22.6 Å². The van der Waals surface area contributed by atoms with Crippen LogP contribution in [0, 0.1) is 0 Å². The maximum atomic E-state index is 10.9. The van der Waals surface area contributed by atoms with E-state index in [1.165, 1.54) is 12.3 Å². The van der Waals surface area contributed by atoms with E-state index in [2.05, 4.69) is 4.98 Å². The van der Waals surface area contributed by atoms with Crippen molar-refractivity contribution in [3.8, 4) is 0 Å². The average molecular weight is 168 g/mol. The maximum absolute atomic E-state index is 10.9. The molecule has 1 amide bonds. The summed E-state index contributed by atoms with van der Waals surface area (Å²) in [6, 6.07) is 1.25. The Bertz CT molecular complexity index is 357. The molecule has 0 aliphatic rings. The van der Waals surface area contributed by atoms with Gasteiger partial charge in [-0.05, 0) is 6.07 Å². The second-order valence-corrected chi connectivity index (χ2v) is 2.15. The number of nitrogens with one attached hydrogen (secondary N) is 2. The van der Waals surface area contributed by atoms with Crippen molar-refractivity contribution in [1.82, 2.24) is 10.4 Å². The van der Waals surface area contributed by atoms with Gasteiger partial charge in [0.1, 0.15) is 5.56 Å². The van der Waals surface area contributed by atoms with Crippen LogP contribution in [0.25, 0.3) is 0 Å². The van der Waals surface area contributed by atoms with E-state index >= 15 is 0 Å². The Balaban J connectivity index is 3.23. The summed E-state index contributed by atoms with van der Waals surface area (Å²) in [6.07, 6.45) is 1.30. The number of H-pyrrole nitrogens is 1. The number of rotatable bonds is 1. The molecule has 0 aliphatic carbocycles. The van der Waals surface area contributed by atoms with E-state index in [0.717, 1.165) is 0 Å². The lowest BCUT2D eigenvalue weighted by molar-refractivity contribution is 0.0952. The van der Waals surface area contributed by atoms with Crippen molar-refractivity contribution >= 4 is 11.6 Å². The third kappa shape index (κ3) is 1.43. The first-order valence-electron chi connectivity index (χ1n) is 3.14. The van der Waals surface area contributed by atoms with E-state index in [9.17, 15) is 9.59 Å². The van der Waals surface area contributed by atoms with Crippen molar-refractivity contribution in [2.24, 2.45) is 5.84 Å². The number of hydrogen-bond acceptors (Lipinski definition) is 4. The molecular formula is C6H8N4O2. The van der Waals surface area contributed by atoms with Gasteiger partial charge in [0, 0.05) is 11.9 Å². The Morgan fingerprint density at radius 1 is 1.58 bits per heavy atom. The van der Waals surface area contributed by atoms with Gasteiger partial charge in [0.15, 0.2) is 0 Å². The molecule has 0 spiro atoms. The quantitative estimate of drug-likeness (QED) is 0.233. The van der Waals surface area contributed by atoms with Gasteiger partial charge in [-0.25, -0.2) is 5.84 Å². The van der Waals surface area contributed by atoms with E-state index in [-0.39, 0.29) is 5.56 Å². The number of amides is 1. The number of aromatic nitrogens is 1. The van der Waals surface area contributed by atoms with Crippen LogP contribution in [0.1, 0.15) is 10.4 Å². The highest BCUT2D eigenvalue weighted by atomic mass is 16.2. The minimum absolute atomic E-state index is 0.0995. The highest BCUT2D eigenvalue weighted by Crippen LogP contribution is 1.97. The number of carbonyl (C=O) groups excluding carboxylic acids is 1. The zero-order valence-electron chi connectivity index (χ0n) is 6.13. The summed E-state index contributed by atoms with van der Waals surface area (Å²) in [7, 11) is 0. The SMILES string of the molecule is NNC(=O)c1cc(N)c[nH]c1=O. The van der Waals surface area contributed by atoms with Crippen molar-refractivity contribution in [1.29, 1.82) is 0 Å². The fourth-order valence-corrected chi connectivity index (χ4v) is 0.747. The van der Waals surface area contributed by atoms with E-state index in [1.807, 2.05) is 5.43 Å². The Labute approximate surface area is 67.5 Å². The molecule has 0 fully saturated rings. The van der Waals surface area contributed by atoms with E-state index in [1.54, 1.807) is 0 Å². The molecule has 12 heavy (non-hydrogen) atoms. The van der Waals surface area contributed by atoms with Crippen molar-refractivity contribution in [2.75, 3.05) is 5.73 Å². The van der Waals surface area contributed by atoms with Crippen LogP contribution in [0.15, 0.2) is 17.1 Å². The minimum Gasteiger partial charge on any atom is -0.398 e. The number of pyridine rings is 1. The zero-order chi connectivity index (χ0) is 9.14. The molecule has 0 bridgehead atoms. The summed E-state index contributed by atoms with van der Waals surface area (Å²) in [5.41, 5.74) is 6.84. The van der Waals surface area contributed by atoms with Crippen LogP contribution in [0.4, 0.5) is 5.69 Å². The Morgan fingerprint density at radius 3 is 2.83 bits per heavy atom. The van der Waals surface area contributed by atoms with Gasteiger partial charge in [-0.3, -0.25) is 15.0 Å².